The van der Waals surface area contributed by atoms with Crippen LogP contribution in [0, 0.1) is 16.0 Å². The van der Waals surface area contributed by atoms with Crippen LogP contribution in [0.2, 0.25) is 0 Å². The number of hydrogen-bond acceptors (Lipinski definition) is 4. The molecule has 1 aromatic rings. The van der Waals surface area contributed by atoms with Gasteiger partial charge in [0.25, 0.3) is 0 Å². The molecule has 1 aliphatic rings. The van der Waals surface area contributed by atoms with E-state index in [1.54, 1.807) is 13.0 Å². The molecule has 0 radical (unpaired) electrons. The lowest BCUT2D eigenvalue weighted by Crippen LogP contribution is -2.06. The maximum absolute atomic E-state index is 11.0. The third-order valence-electron chi connectivity index (χ3n) is 2.87. The van der Waals surface area contributed by atoms with Crippen molar-refractivity contribution < 1.29 is 14.8 Å². The highest BCUT2D eigenvalue weighted by molar-refractivity contribution is 9.10. The van der Waals surface area contributed by atoms with Crippen LogP contribution in [0.3, 0.4) is 0 Å². The van der Waals surface area contributed by atoms with Crippen molar-refractivity contribution in [2.24, 2.45) is 5.92 Å². The topological polar surface area (TPSA) is 72.6 Å². The van der Waals surface area contributed by atoms with E-state index in [-0.39, 0.29) is 11.4 Å². The average molecular weight is 316 g/mol. The van der Waals surface area contributed by atoms with Crippen LogP contribution in [0.25, 0.3) is 0 Å². The number of ether oxygens (including phenoxy) is 1. The van der Waals surface area contributed by atoms with E-state index < -0.39 is 11.0 Å². The van der Waals surface area contributed by atoms with Crippen LogP contribution in [-0.4, -0.2) is 16.6 Å². The molecule has 1 saturated carbocycles. The number of rotatable bonds is 5. The van der Waals surface area contributed by atoms with Gasteiger partial charge in [0, 0.05) is 16.1 Å². The smallest absolute Gasteiger partial charge is 0.312 e. The fourth-order valence-electron chi connectivity index (χ4n) is 1.69. The Balaban J connectivity index is 2.38. The van der Waals surface area contributed by atoms with Gasteiger partial charge in [0.1, 0.15) is 0 Å². The van der Waals surface area contributed by atoms with Gasteiger partial charge in [0.2, 0.25) is 5.75 Å². The first kappa shape index (κ1) is 13.3. The van der Waals surface area contributed by atoms with E-state index in [9.17, 15) is 15.2 Å². The van der Waals surface area contributed by atoms with Gasteiger partial charge >= 0.3 is 5.69 Å². The largest absolute Gasteiger partial charge is 0.486 e. The van der Waals surface area contributed by atoms with Gasteiger partial charge in [-0.1, -0.05) is 15.9 Å². The normalized spacial score (nSPS) is 16.4. The van der Waals surface area contributed by atoms with Crippen molar-refractivity contribution >= 4 is 21.6 Å². The van der Waals surface area contributed by atoms with Crippen LogP contribution in [0.1, 0.15) is 31.4 Å². The molecule has 1 aliphatic carbocycles. The number of benzene rings is 1. The SMILES string of the molecule is CC(O)c1cc(Br)cc([N+](=O)[O-])c1OCC1CC1. The van der Waals surface area contributed by atoms with Gasteiger partial charge in [-0.3, -0.25) is 10.1 Å². The molecule has 1 N–H and O–H groups in total. The fraction of sp³-hybridized carbons (Fsp3) is 0.500. The minimum Gasteiger partial charge on any atom is -0.486 e. The van der Waals surface area contributed by atoms with E-state index in [1.807, 2.05) is 0 Å². The zero-order chi connectivity index (χ0) is 13.3. The molecule has 0 heterocycles. The number of halogens is 1. The number of hydrogen-bond donors (Lipinski definition) is 1. The summed E-state index contributed by atoms with van der Waals surface area (Å²) in [4.78, 5) is 10.5. The summed E-state index contributed by atoms with van der Waals surface area (Å²) in [5, 5.41) is 20.7. The van der Waals surface area contributed by atoms with E-state index in [4.69, 9.17) is 4.74 Å². The Morgan fingerprint density at radius 3 is 2.78 bits per heavy atom. The lowest BCUT2D eigenvalue weighted by Gasteiger charge is -2.14. The van der Waals surface area contributed by atoms with Crippen LogP contribution in [-0.2, 0) is 0 Å². The van der Waals surface area contributed by atoms with Gasteiger partial charge in [-0.2, -0.15) is 0 Å². The highest BCUT2D eigenvalue weighted by Crippen LogP contribution is 2.39. The van der Waals surface area contributed by atoms with Gasteiger partial charge in [-0.25, -0.2) is 0 Å². The number of nitrogens with zero attached hydrogens (tertiary/aromatic N) is 1. The monoisotopic (exact) mass is 315 g/mol. The summed E-state index contributed by atoms with van der Waals surface area (Å²) in [7, 11) is 0. The van der Waals surface area contributed by atoms with E-state index in [0.717, 1.165) is 12.8 Å². The summed E-state index contributed by atoms with van der Waals surface area (Å²) in [5.74, 6) is 0.681. The maximum Gasteiger partial charge on any atom is 0.312 e. The van der Waals surface area contributed by atoms with Crippen LogP contribution in [0.4, 0.5) is 5.69 Å². The zero-order valence-corrected chi connectivity index (χ0v) is 11.5. The Bertz CT molecular complexity index is 471. The van der Waals surface area contributed by atoms with E-state index in [0.29, 0.717) is 22.6 Å². The van der Waals surface area contributed by atoms with Crippen LogP contribution in [0.15, 0.2) is 16.6 Å². The summed E-state index contributed by atoms with van der Waals surface area (Å²) in [6.45, 7) is 2.04. The molecular weight excluding hydrogens is 302 g/mol. The molecule has 5 nitrogen and oxygen atoms in total. The lowest BCUT2D eigenvalue weighted by molar-refractivity contribution is -0.386. The van der Waals surface area contributed by atoms with Crippen molar-refractivity contribution in [1.29, 1.82) is 0 Å². The van der Waals surface area contributed by atoms with E-state index >= 15 is 0 Å². The van der Waals surface area contributed by atoms with Gasteiger partial charge < -0.3 is 9.84 Å². The Kier molecular flexibility index (Phi) is 3.87. The Morgan fingerprint density at radius 1 is 1.61 bits per heavy atom. The van der Waals surface area contributed by atoms with Crippen LogP contribution in [0.5, 0.6) is 5.75 Å². The maximum atomic E-state index is 11.0. The van der Waals surface area contributed by atoms with Gasteiger partial charge in [0.05, 0.1) is 17.6 Å². The van der Waals surface area contributed by atoms with Gasteiger partial charge in [-0.15, -0.1) is 0 Å². The average Bonchev–Trinajstić information content (AvgIpc) is 3.09. The lowest BCUT2D eigenvalue weighted by atomic mass is 10.1. The second-order valence-electron chi connectivity index (χ2n) is 4.53. The summed E-state index contributed by atoms with van der Waals surface area (Å²) < 4.78 is 6.11. The number of nitro benzene ring substituents is 1. The fourth-order valence-corrected chi connectivity index (χ4v) is 2.15. The number of aliphatic hydroxyl groups is 1. The third-order valence-corrected chi connectivity index (χ3v) is 3.33. The Labute approximate surface area is 113 Å². The second kappa shape index (κ2) is 5.24. The highest BCUT2D eigenvalue weighted by atomic mass is 79.9. The first-order chi connectivity index (χ1) is 8.49. The summed E-state index contributed by atoms with van der Waals surface area (Å²) in [6.07, 6.45) is 1.40. The van der Waals surface area contributed by atoms with Crippen LogP contribution >= 0.6 is 15.9 Å². The van der Waals surface area contributed by atoms with Crippen molar-refractivity contribution in [3.63, 3.8) is 0 Å². The Hall–Kier alpha value is -1.14. The molecule has 1 atom stereocenters. The predicted molar refractivity (Wildman–Crippen MR) is 69.6 cm³/mol. The molecule has 1 unspecified atom stereocenters. The molecule has 6 heteroatoms. The second-order valence-corrected chi connectivity index (χ2v) is 5.45. The molecule has 0 aliphatic heterocycles. The molecule has 18 heavy (non-hydrogen) atoms. The molecule has 2 rings (SSSR count). The molecular formula is C12H14BrNO4. The molecule has 1 fully saturated rings. The molecule has 1 aromatic carbocycles. The minimum atomic E-state index is -0.810. The molecule has 0 aromatic heterocycles. The highest BCUT2D eigenvalue weighted by Gasteiger charge is 2.27. The number of nitro groups is 1. The van der Waals surface area contributed by atoms with Crippen molar-refractivity contribution in [3.8, 4) is 5.75 Å². The molecule has 0 spiro atoms. The van der Waals surface area contributed by atoms with Crippen LogP contribution < -0.4 is 4.74 Å². The summed E-state index contributed by atoms with van der Waals surface area (Å²) in [5.41, 5.74) is 0.331. The molecule has 98 valence electrons. The number of aliphatic hydroxyl groups excluding tert-OH is 1. The first-order valence-corrected chi connectivity index (χ1v) is 6.57. The van der Waals surface area contributed by atoms with Crippen molar-refractivity contribution in [3.05, 3.63) is 32.3 Å². The minimum absolute atomic E-state index is 0.110. The van der Waals surface area contributed by atoms with Crippen molar-refractivity contribution in [2.75, 3.05) is 6.61 Å². The zero-order valence-electron chi connectivity index (χ0n) is 9.93. The predicted octanol–water partition coefficient (Wildman–Crippen LogP) is 3.20. The Morgan fingerprint density at radius 2 is 2.28 bits per heavy atom. The first-order valence-electron chi connectivity index (χ1n) is 5.77. The van der Waals surface area contributed by atoms with Gasteiger partial charge in [0.15, 0.2) is 0 Å². The molecule has 0 amide bonds. The van der Waals surface area contributed by atoms with E-state index in [2.05, 4.69) is 15.9 Å². The third kappa shape index (κ3) is 3.00. The summed E-state index contributed by atoms with van der Waals surface area (Å²) in [6, 6.07) is 3.05. The van der Waals surface area contributed by atoms with E-state index in [1.165, 1.54) is 6.07 Å². The quantitative estimate of drug-likeness (QED) is 0.669. The standard InChI is InChI=1S/C12H14BrNO4/c1-7(15)10-4-9(13)5-11(14(16)17)12(10)18-6-8-2-3-8/h4-5,7-8,15H,2-3,6H2,1H3. The molecule has 0 bridgehead atoms. The van der Waals surface area contributed by atoms with Crippen molar-refractivity contribution in [1.82, 2.24) is 0 Å². The summed E-state index contributed by atoms with van der Waals surface area (Å²) >= 11 is 3.21. The van der Waals surface area contributed by atoms with Gasteiger partial charge in [-0.05, 0) is 31.7 Å². The molecule has 0 saturated heterocycles. The van der Waals surface area contributed by atoms with Crippen molar-refractivity contribution in [2.45, 2.75) is 25.9 Å².